The molecule has 0 heterocycles. The standard InChI is InChI=1S/C16H20O/c1-3-7-12(2)16(17)15-11-6-9-13-8-4-5-10-14(13)15/h4-6,8-12,16-17H,3,7H2,1-2H3. The molecule has 0 amide bonds. The van der Waals surface area contributed by atoms with Crippen molar-refractivity contribution in [2.75, 3.05) is 0 Å². The Balaban J connectivity index is 2.41. The molecule has 0 aliphatic rings. The highest BCUT2D eigenvalue weighted by atomic mass is 16.3. The highest BCUT2D eigenvalue weighted by Crippen LogP contribution is 2.30. The van der Waals surface area contributed by atoms with Gasteiger partial charge in [0.05, 0.1) is 6.10 Å². The van der Waals surface area contributed by atoms with E-state index in [4.69, 9.17) is 0 Å². The van der Waals surface area contributed by atoms with E-state index in [1.54, 1.807) is 0 Å². The van der Waals surface area contributed by atoms with Gasteiger partial charge in [-0.15, -0.1) is 0 Å². The van der Waals surface area contributed by atoms with Crippen LogP contribution in [0.4, 0.5) is 0 Å². The van der Waals surface area contributed by atoms with E-state index in [1.165, 1.54) is 10.8 Å². The molecular formula is C16H20O. The molecule has 0 saturated carbocycles. The van der Waals surface area contributed by atoms with Crippen molar-refractivity contribution in [3.63, 3.8) is 0 Å². The minimum atomic E-state index is -0.360. The fourth-order valence-corrected chi connectivity index (χ4v) is 2.43. The van der Waals surface area contributed by atoms with Crippen LogP contribution in [0.2, 0.25) is 0 Å². The van der Waals surface area contributed by atoms with Crippen LogP contribution in [-0.2, 0) is 0 Å². The Bertz CT molecular complexity index is 484. The van der Waals surface area contributed by atoms with Gasteiger partial charge < -0.3 is 5.11 Å². The molecule has 0 aliphatic heterocycles. The summed E-state index contributed by atoms with van der Waals surface area (Å²) in [5.41, 5.74) is 1.06. The largest absolute Gasteiger partial charge is 0.388 e. The van der Waals surface area contributed by atoms with E-state index in [0.717, 1.165) is 18.4 Å². The van der Waals surface area contributed by atoms with Crippen LogP contribution in [0.25, 0.3) is 10.8 Å². The van der Waals surface area contributed by atoms with E-state index < -0.39 is 0 Å². The molecule has 0 radical (unpaired) electrons. The van der Waals surface area contributed by atoms with Crippen LogP contribution in [0.3, 0.4) is 0 Å². The molecule has 2 rings (SSSR count). The zero-order valence-corrected chi connectivity index (χ0v) is 10.6. The molecule has 1 N–H and O–H groups in total. The van der Waals surface area contributed by atoms with E-state index in [1.807, 2.05) is 24.3 Å². The zero-order chi connectivity index (χ0) is 12.3. The van der Waals surface area contributed by atoms with Crippen molar-refractivity contribution in [1.29, 1.82) is 0 Å². The Morgan fingerprint density at radius 3 is 2.53 bits per heavy atom. The molecule has 0 fully saturated rings. The van der Waals surface area contributed by atoms with Crippen molar-refractivity contribution >= 4 is 10.8 Å². The smallest absolute Gasteiger partial charge is 0.0821 e. The minimum absolute atomic E-state index is 0.311. The Hall–Kier alpha value is -1.34. The van der Waals surface area contributed by atoms with Crippen LogP contribution in [0.15, 0.2) is 42.5 Å². The van der Waals surface area contributed by atoms with Gasteiger partial charge in [-0.2, -0.15) is 0 Å². The highest BCUT2D eigenvalue weighted by Gasteiger charge is 2.17. The third-order valence-corrected chi connectivity index (χ3v) is 3.43. The molecule has 2 aromatic carbocycles. The number of fused-ring (bicyclic) bond motifs is 1. The minimum Gasteiger partial charge on any atom is -0.388 e. The average Bonchev–Trinajstić information content (AvgIpc) is 2.37. The Morgan fingerprint density at radius 2 is 1.76 bits per heavy atom. The lowest BCUT2D eigenvalue weighted by Gasteiger charge is -2.20. The normalized spacial score (nSPS) is 14.8. The first-order valence-corrected chi connectivity index (χ1v) is 6.39. The number of hydrogen-bond acceptors (Lipinski definition) is 1. The third-order valence-electron chi connectivity index (χ3n) is 3.43. The van der Waals surface area contributed by atoms with Crippen LogP contribution in [0, 0.1) is 5.92 Å². The molecule has 0 bridgehead atoms. The first kappa shape index (κ1) is 12.1. The lowest BCUT2D eigenvalue weighted by Crippen LogP contribution is -2.09. The summed E-state index contributed by atoms with van der Waals surface area (Å²) in [6, 6.07) is 14.4. The van der Waals surface area contributed by atoms with Crippen molar-refractivity contribution in [3.8, 4) is 0 Å². The summed E-state index contributed by atoms with van der Waals surface area (Å²) in [6.07, 6.45) is 1.81. The maximum Gasteiger partial charge on any atom is 0.0821 e. The maximum absolute atomic E-state index is 10.4. The molecule has 0 aromatic heterocycles. The summed E-state index contributed by atoms with van der Waals surface area (Å²) < 4.78 is 0. The molecular weight excluding hydrogens is 208 g/mol. The third kappa shape index (κ3) is 2.50. The second-order valence-corrected chi connectivity index (χ2v) is 4.78. The molecule has 1 nitrogen and oxygen atoms in total. The highest BCUT2D eigenvalue weighted by molar-refractivity contribution is 5.85. The molecule has 2 atom stereocenters. The van der Waals surface area contributed by atoms with Gasteiger partial charge in [0.15, 0.2) is 0 Å². The van der Waals surface area contributed by atoms with E-state index in [0.29, 0.717) is 5.92 Å². The second kappa shape index (κ2) is 5.33. The average molecular weight is 228 g/mol. The Labute approximate surface area is 103 Å². The number of aliphatic hydroxyl groups is 1. The molecule has 2 unspecified atom stereocenters. The zero-order valence-electron chi connectivity index (χ0n) is 10.6. The summed E-state index contributed by atoms with van der Waals surface area (Å²) in [7, 11) is 0. The van der Waals surface area contributed by atoms with Crippen LogP contribution in [0.1, 0.15) is 38.4 Å². The molecule has 17 heavy (non-hydrogen) atoms. The lowest BCUT2D eigenvalue weighted by atomic mass is 9.90. The molecule has 0 aliphatic carbocycles. The molecule has 1 heteroatoms. The van der Waals surface area contributed by atoms with E-state index in [9.17, 15) is 5.11 Å². The van der Waals surface area contributed by atoms with Gasteiger partial charge in [0.2, 0.25) is 0 Å². The topological polar surface area (TPSA) is 20.2 Å². The number of aliphatic hydroxyl groups excluding tert-OH is 1. The first-order valence-electron chi connectivity index (χ1n) is 6.39. The van der Waals surface area contributed by atoms with Crippen molar-refractivity contribution in [2.24, 2.45) is 5.92 Å². The number of rotatable bonds is 4. The number of benzene rings is 2. The van der Waals surface area contributed by atoms with Crippen LogP contribution in [-0.4, -0.2) is 5.11 Å². The van der Waals surface area contributed by atoms with Gasteiger partial charge in [-0.25, -0.2) is 0 Å². The van der Waals surface area contributed by atoms with Gasteiger partial charge in [-0.1, -0.05) is 62.7 Å². The second-order valence-electron chi connectivity index (χ2n) is 4.78. The van der Waals surface area contributed by atoms with Gasteiger partial charge in [-0.05, 0) is 28.7 Å². The predicted molar refractivity (Wildman–Crippen MR) is 73.0 cm³/mol. The van der Waals surface area contributed by atoms with Gasteiger partial charge in [-0.3, -0.25) is 0 Å². The summed E-state index contributed by atoms with van der Waals surface area (Å²) >= 11 is 0. The van der Waals surface area contributed by atoms with E-state index in [2.05, 4.69) is 32.0 Å². The van der Waals surface area contributed by atoms with Crippen LogP contribution < -0.4 is 0 Å². The van der Waals surface area contributed by atoms with Gasteiger partial charge in [0.1, 0.15) is 0 Å². The van der Waals surface area contributed by atoms with Gasteiger partial charge in [0.25, 0.3) is 0 Å². The summed E-state index contributed by atoms with van der Waals surface area (Å²) in [6.45, 7) is 4.28. The molecule has 0 spiro atoms. The van der Waals surface area contributed by atoms with E-state index >= 15 is 0 Å². The first-order chi connectivity index (χ1) is 8.24. The van der Waals surface area contributed by atoms with Gasteiger partial charge >= 0.3 is 0 Å². The molecule has 2 aromatic rings. The van der Waals surface area contributed by atoms with Gasteiger partial charge in [0, 0.05) is 0 Å². The summed E-state index contributed by atoms with van der Waals surface area (Å²) in [5, 5.41) is 12.8. The Morgan fingerprint density at radius 1 is 1.06 bits per heavy atom. The van der Waals surface area contributed by atoms with E-state index in [-0.39, 0.29) is 6.10 Å². The fourth-order valence-electron chi connectivity index (χ4n) is 2.43. The quantitative estimate of drug-likeness (QED) is 0.826. The van der Waals surface area contributed by atoms with Crippen LogP contribution in [0.5, 0.6) is 0 Å². The monoisotopic (exact) mass is 228 g/mol. The summed E-state index contributed by atoms with van der Waals surface area (Å²) in [5.74, 6) is 0.311. The van der Waals surface area contributed by atoms with Crippen molar-refractivity contribution in [3.05, 3.63) is 48.0 Å². The lowest BCUT2D eigenvalue weighted by molar-refractivity contribution is 0.114. The van der Waals surface area contributed by atoms with Crippen molar-refractivity contribution in [2.45, 2.75) is 32.8 Å². The fraction of sp³-hybridized carbons (Fsp3) is 0.375. The maximum atomic E-state index is 10.4. The van der Waals surface area contributed by atoms with Crippen molar-refractivity contribution in [1.82, 2.24) is 0 Å². The van der Waals surface area contributed by atoms with Crippen LogP contribution >= 0.6 is 0 Å². The molecule has 90 valence electrons. The Kier molecular flexibility index (Phi) is 3.80. The predicted octanol–water partition coefficient (Wildman–Crippen LogP) is 4.31. The molecule has 0 saturated heterocycles. The van der Waals surface area contributed by atoms with Crippen molar-refractivity contribution < 1.29 is 5.11 Å². The summed E-state index contributed by atoms with van der Waals surface area (Å²) in [4.78, 5) is 0. The number of hydrogen-bond donors (Lipinski definition) is 1. The SMILES string of the molecule is CCCC(C)C(O)c1cccc2ccccc12.